The third-order valence-corrected chi connectivity index (χ3v) is 3.58. The molecule has 0 saturated heterocycles. The molecule has 4 heteroatoms. The minimum Gasteiger partial charge on any atom is -0.355 e. The molecular formula is C14H20FNO2. The fourth-order valence-electron chi connectivity index (χ4n) is 2.32. The molecule has 0 aliphatic heterocycles. The van der Waals surface area contributed by atoms with Crippen LogP contribution in [0, 0.1) is 5.82 Å². The van der Waals surface area contributed by atoms with E-state index in [0.29, 0.717) is 18.5 Å². The predicted octanol–water partition coefficient (Wildman–Crippen LogP) is 2.28. The number of halogens is 1. The Hall–Kier alpha value is -0.970. The van der Waals surface area contributed by atoms with Crippen LogP contribution in [0.2, 0.25) is 0 Å². The van der Waals surface area contributed by atoms with Gasteiger partial charge >= 0.3 is 0 Å². The lowest BCUT2D eigenvalue weighted by Gasteiger charge is -2.37. The van der Waals surface area contributed by atoms with Crippen molar-refractivity contribution in [3.05, 3.63) is 35.6 Å². The summed E-state index contributed by atoms with van der Waals surface area (Å²) in [6.45, 7) is 0.702. The van der Waals surface area contributed by atoms with Crippen LogP contribution in [0.3, 0.4) is 0 Å². The van der Waals surface area contributed by atoms with Gasteiger partial charge < -0.3 is 14.8 Å². The van der Waals surface area contributed by atoms with Gasteiger partial charge in [-0.2, -0.15) is 0 Å². The summed E-state index contributed by atoms with van der Waals surface area (Å²) in [4.78, 5) is 0. The zero-order valence-corrected chi connectivity index (χ0v) is 10.9. The maximum Gasteiger partial charge on any atom is 0.169 e. The lowest BCUT2D eigenvalue weighted by Crippen LogP contribution is -2.44. The third-order valence-electron chi connectivity index (χ3n) is 3.58. The molecule has 2 rings (SSSR count). The van der Waals surface area contributed by atoms with E-state index in [1.54, 1.807) is 14.2 Å². The van der Waals surface area contributed by atoms with Crippen molar-refractivity contribution in [1.29, 1.82) is 0 Å². The van der Waals surface area contributed by atoms with Gasteiger partial charge in [-0.05, 0) is 36.5 Å². The Balaban J connectivity index is 1.72. The molecule has 0 radical (unpaired) electrons. The highest BCUT2D eigenvalue weighted by Crippen LogP contribution is 2.36. The normalized spacial score (nSPS) is 23.1. The molecule has 100 valence electrons. The summed E-state index contributed by atoms with van der Waals surface area (Å²) in [6.07, 6.45) is 1.99. The van der Waals surface area contributed by atoms with Crippen LogP contribution in [0.25, 0.3) is 0 Å². The summed E-state index contributed by atoms with van der Waals surface area (Å²) in [5.74, 6) is 0.377. The van der Waals surface area contributed by atoms with Crippen molar-refractivity contribution in [3.63, 3.8) is 0 Å². The number of benzene rings is 1. The molecule has 0 heterocycles. The second-order valence-corrected chi connectivity index (χ2v) is 4.73. The van der Waals surface area contributed by atoms with Crippen LogP contribution in [0.5, 0.6) is 0 Å². The molecule has 0 unspecified atom stereocenters. The quantitative estimate of drug-likeness (QED) is 0.789. The van der Waals surface area contributed by atoms with Gasteiger partial charge in [0.05, 0.1) is 0 Å². The molecule has 3 nitrogen and oxygen atoms in total. The van der Waals surface area contributed by atoms with E-state index in [1.807, 2.05) is 12.1 Å². The maximum absolute atomic E-state index is 12.8. The summed E-state index contributed by atoms with van der Waals surface area (Å²) >= 11 is 0. The van der Waals surface area contributed by atoms with Crippen LogP contribution in [0.15, 0.2) is 24.3 Å². The largest absolute Gasteiger partial charge is 0.355 e. The Kier molecular flexibility index (Phi) is 4.69. The summed E-state index contributed by atoms with van der Waals surface area (Å²) in [7, 11) is 3.27. The average Bonchev–Trinajstić information content (AvgIpc) is 2.34. The number of hydrogen-bond acceptors (Lipinski definition) is 3. The van der Waals surface area contributed by atoms with Crippen molar-refractivity contribution < 1.29 is 13.9 Å². The highest BCUT2D eigenvalue weighted by atomic mass is 19.1. The van der Waals surface area contributed by atoms with Crippen molar-refractivity contribution in [1.82, 2.24) is 5.32 Å². The lowest BCUT2D eigenvalue weighted by atomic mass is 9.76. The third kappa shape index (κ3) is 3.28. The Labute approximate surface area is 107 Å². The van der Waals surface area contributed by atoms with E-state index in [0.717, 1.165) is 12.8 Å². The molecule has 1 aromatic carbocycles. The molecule has 1 aliphatic carbocycles. The Morgan fingerprint density at radius 1 is 1.22 bits per heavy atom. The smallest absolute Gasteiger partial charge is 0.169 e. The Morgan fingerprint density at radius 3 is 2.39 bits per heavy atom. The van der Waals surface area contributed by atoms with Crippen LogP contribution in [0.1, 0.15) is 24.3 Å². The standard InChI is InChI=1S/C14H20FNO2/c1-17-14(18-2)9-16-13-7-11(8-13)10-3-5-12(15)6-4-10/h3-6,11,13-14,16H,7-9H2,1-2H3. The highest BCUT2D eigenvalue weighted by Gasteiger charge is 2.30. The van der Waals surface area contributed by atoms with E-state index in [-0.39, 0.29) is 12.1 Å². The van der Waals surface area contributed by atoms with Gasteiger partial charge in [-0.3, -0.25) is 0 Å². The van der Waals surface area contributed by atoms with Crippen LogP contribution < -0.4 is 5.32 Å². The lowest BCUT2D eigenvalue weighted by molar-refractivity contribution is -0.101. The first-order chi connectivity index (χ1) is 8.72. The molecule has 18 heavy (non-hydrogen) atoms. The first kappa shape index (κ1) is 13.5. The molecular weight excluding hydrogens is 233 g/mol. The maximum atomic E-state index is 12.8. The highest BCUT2D eigenvalue weighted by molar-refractivity contribution is 5.23. The molecule has 1 N–H and O–H groups in total. The summed E-state index contributed by atoms with van der Waals surface area (Å²) < 4.78 is 23.0. The molecule has 1 saturated carbocycles. The zero-order valence-electron chi connectivity index (χ0n) is 10.9. The molecule has 1 aliphatic rings. The van der Waals surface area contributed by atoms with E-state index in [2.05, 4.69) is 5.32 Å². The van der Waals surface area contributed by atoms with Gasteiger partial charge in [0.15, 0.2) is 6.29 Å². The molecule has 1 fully saturated rings. The van der Waals surface area contributed by atoms with E-state index >= 15 is 0 Å². The van der Waals surface area contributed by atoms with E-state index in [4.69, 9.17) is 9.47 Å². The molecule has 0 atom stereocenters. The van der Waals surface area contributed by atoms with E-state index in [1.165, 1.54) is 17.7 Å². The molecule has 0 bridgehead atoms. The van der Waals surface area contributed by atoms with Gasteiger partial charge in [0.2, 0.25) is 0 Å². The van der Waals surface area contributed by atoms with Crippen molar-refractivity contribution in [2.24, 2.45) is 0 Å². The van der Waals surface area contributed by atoms with Crippen molar-refractivity contribution in [2.45, 2.75) is 31.1 Å². The minimum atomic E-state index is -0.185. The van der Waals surface area contributed by atoms with Crippen molar-refractivity contribution in [3.8, 4) is 0 Å². The van der Waals surface area contributed by atoms with E-state index < -0.39 is 0 Å². The average molecular weight is 253 g/mol. The van der Waals surface area contributed by atoms with Crippen LogP contribution >= 0.6 is 0 Å². The van der Waals surface area contributed by atoms with Crippen molar-refractivity contribution >= 4 is 0 Å². The van der Waals surface area contributed by atoms with E-state index in [9.17, 15) is 4.39 Å². The zero-order chi connectivity index (χ0) is 13.0. The van der Waals surface area contributed by atoms with Gasteiger partial charge in [-0.25, -0.2) is 4.39 Å². The van der Waals surface area contributed by atoms with Crippen LogP contribution in [0.4, 0.5) is 4.39 Å². The van der Waals surface area contributed by atoms with Gasteiger partial charge in [-0.1, -0.05) is 12.1 Å². The summed E-state index contributed by atoms with van der Waals surface area (Å²) in [5, 5.41) is 3.41. The number of nitrogens with one attached hydrogen (secondary N) is 1. The first-order valence-electron chi connectivity index (χ1n) is 6.27. The van der Waals surface area contributed by atoms with Crippen molar-refractivity contribution in [2.75, 3.05) is 20.8 Å². The summed E-state index contributed by atoms with van der Waals surface area (Å²) in [5.41, 5.74) is 1.23. The Morgan fingerprint density at radius 2 is 1.83 bits per heavy atom. The van der Waals surface area contributed by atoms with Gasteiger partial charge in [0, 0.05) is 26.8 Å². The second-order valence-electron chi connectivity index (χ2n) is 4.73. The van der Waals surface area contributed by atoms with Gasteiger partial charge in [0.1, 0.15) is 5.82 Å². The number of ether oxygens (including phenoxy) is 2. The topological polar surface area (TPSA) is 30.5 Å². The van der Waals surface area contributed by atoms with Gasteiger partial charge in [0.25, 0.3) is 0 Å². The molecule has 0 amide bonds. The number of rotatable bonds is 6. The Bertz CT molecular complexity index is 359. The number of hydrogen-bond donors (Lipinski definition) is 1. The predicted molar refractivity (Wildman–Crippen MR) is 68.0 cm³/mol. The first-order valence-corrected chi connectivity index (χ1v) is 6.27. The molecule has 0 spiro atoms. The molecule has 0 aromatic heterocycles. The summed E-state index contributed by atoms with van der Waals surface area (Å²) in [6, 6.07) is 7.32. The second kappa shape index (κ2) is 6.27. The van der Waals surface area contributed by atoms with Crippen LogP contribution in [-0.4, -0.2) is 33.1 Å². The monoisotopic (exact) mass is 253 g/mol. The fourth-order valence-corrected chi connectivity index (χ4v) is 2.32. The minimum absolute atomic E-state index is 0.171. The number of methoxy groups -OCH3 is 2. The fraction of sp³-hybridized carbons (Fsp3) is 0.571. The molecule has 1 aromatic rings. The SMILES string of the molecule is COC(CNC1CC(c2ccc(F)cc2)C1)OC. The van der Waals surface area contributed by atoms with Crippen LogP contribution in [-0.2, 0) is 9.47 Å². The van der Waals surface area contributed by atoms with Gasteiger partial charge in [-0.15, -0.1) is 0 Å².